The van der Waals surface area contributed by atoms with E-state index in [1.807, 2.05) is 0 Å². The van der Waals surface area contributed by atoms with Crippen LogP contribution in [-0.4, -0.2) is 17.2 Å². The van der Waals surface area contributed by atoms with Crippen molar-refractivity contribution < 1.29 is 9.84 Å². The van der Waals surface area contributed by atoms with E-state index in [0.717, 1.165) is 0 Å². The number of aromatic nitrogens is 1. The van der Waals surface area contributed by atoms with Crippen LogP contribution in [0.3, 0.4) is 0 Å². The molecule has 3 nitrogen and oxygen atoms in total. The Morgan fingerprint density at radius 2 is 2.42 bits per heavy atom. The van der Waals surface area contributed by atoms with Crippen LogP contribution < -0.4 is 4.74 Å². The van der Waals surface area contributed by atoms with E-state index in [1.165, 1.54) is 6.08 Å². The molecular weight excluding hydrogens is 154 g/mol. The van der Waals surface area contributed by atoms with E-state index in [0.29, 0.717) is 11.3 Å². The first-order chi connectivity index (χ1) is 5.77. The fourth-order valence-electron chi connectivity index (χ4n) is 0.845. The molecule has 0 radical (unpaired) electrons. The van der Waals surface area contributed by atoms with Gasteiger partial charge >= 0.3 is 0 Å². The van der Waals surface area contributed by atoms with Gasteiger partial charge < -0.3 is 9.84 Å². The maximum absolute atomic E-state index is 9.34. The number of pyridine rings is 1. The molecule has 0 spiro atoms. The molecule has 12 heavy (non-hydrogen) atoms. The molecule has 0 saturated heterocycles. The van der Waals surface area contributed by atoms with Gasteiger partial charge in [0.05, 0.1) is 19.4 Å². The molecule has 1 aromatic heterocycles. The van der Waals surface area contributed by atoms with Crippen LogP contribution >= 0.6 is 0 Å². The number of aliphatic hydroxyl groups is 1. The molecule has 1 aromatic rings. The van der Waals surface area contributed by atoms with Crippen LogP contribution in [0.25, 0.3) is 0 Å². The summed E-state index contributed by atoms with van der Waals surface area (Å²) < 4.78 is 4.94. The Morgan fingerprint density at radius 3 is 3.00 bits per heavy atom. The van der Waals surface area contributed by atoms with Gasteiger partial charge in [0.15, 0.2) is 0 Å². The number of ether oxygens (including phenoxy) is 1. The maximum atomic E-state index is 9.34. The first kappa shape index (κ1) is 8.74. The Hall–Kier alpha value is -1.35. The van der Waals surface area contributed by atoms with Crippen molar-refractivity contribution in [3.8, 4) is 5.75 Å². The molecule has 1 atom stereocenters. The zero-order chi connectivity index (χ0) is 8.97. The van der Waals surface area contributed by atoms with Crippen LogP contribution in [0.4, 0.5) is 0 Å². The summed E-state index contributed by atoms with van der Waals surface area (Å²) in [6, 6.07) is 1.72. The highest BCUT2D eigenvalue weighted by Crippen LogP contribution is 2.17. The Kier molecular flexibility index (Phi) is 2.82. The van der Waals surface area contributed by atoms with Gasteiger partial charge in [-0.05, 0) is 6.07 Å². The molecule has 1 heterocycles. The van der Waals surface area contributed by atoms with E-state index >= 15 is 0 Å². The van der Waals surface area contributed by atoms with Crippen molar-refractivity contribution in [3.05, 3.63) is 36.7 Å². The zero-order valence-corrected chi connectivity index (χ0v) is 6.90. The van der Waals surface area contributed by atoms with Gasteiger partial charge in [-0.3, -0.25) is 4.98 Å². The summed E-state index contributed by atoms with van der Waals surface area (Å²) >= 11 is 0. The third kappa shape index (κ3) is 1.83. The number of methoxy groups -OCH3 is 1. The van der Waals surface area contributed by atoms with Crippen molar-refractivity contribution in [1.82, 2.24) is 4.98 Å². The lowest BCUT2D eigenvalue weighted by molar-refractivity contribution is 0.228. The average Bonchev–Trinajstić information content (AvgIpc) is 2.17. The maximum Gasteiger partial charge on any atom is 0.137 e. The second-order valence-electron chi connectivity index (χ2n) is 2.34. The summed E-state index contributed by atoms with van der Waals surface area (Å²) in [5.74, 6) is 0.633. The summed E-state index contributed by atoms with van der Waals surface area (Å²) in [5, 5.41) is 9.34. The first-order valence-electron chi connectivity index (χ1n) is 3.57. The van der Waals surface area contributed by atoms with Crippen LogP contribution in [0.2, 0.25) is 0 Å². The molecule has 3 heteroatoms. The number of nitrogens with zero attached hydrogens (tertiary/aromatic N) is 1. The average molecular weight is 165 g/mol. The van der Waals surface area contributed by atoms with Gasteiger partial charge in [0.25, 0.3) is 0 Å². The monoisotopic (exact) mass is 165 g/mol. The van der Waals surface area contributed by atoms with Gasteiger partial charge in [0.2, 0.25) is 0 Å². The van der Waals surface area contributed by atoms with Crippen LogP contribution in [0.1, 0.15) is 11.7 Å². The lowest BCUT2D eigenvalue weighted by Crippen LogP contribution is -1.94. The van der Waals surface area contributed by atoms with E-state index in [4.69, 9.17) is 4.74 Å². The van der Waals surface area contributed by atoms with Gasteiger partial charge in [0, 0.05) is 11.8 Å². The number of hydrogen-bond acceptors (Lipinski definition) is 3. The van der Waals surface area contributed by atoms with Crippen LogP contribution in [0, 0.1) is 0 Å². The molecule has 1 N–H and O–H groups in total. The van der Waals surface area contributed by atoms with E-state index in [-0.39, 0.29) is 0 Å². The molecule has 0 aromatic carbocycles. The van der Waals surface area contributed by atoms with Crippen molar-refractivity contribution in [2.45, 2.75) is 6.10 Å². The van der Waals surface area contributed by atoms with Crippen LogP contribution in [-0.2, 0) is 0 Å². The molecular formula is C9H11NO2. The van der Waals surface area contributed by atoms with Gasteiger partial charge in [-0.15, -0.1) is 6.58 Å². The molecule has 0 saturated carbocycles. The topological polar surface area (TPSA) is 42.4 Å². The predicted octanol–water partition coefficient (Wildman–Crippen LogP) is 1.31. The number of hydrogen-bond donors (Lipinski definition) is 1. The van der Waals surface area contributed by atoms with E-state index in [9.17, 15) is 5.11 Å². The molecule has 1 rings (SSSR count). The molecule has 0 amide bonds. The fourth-order valence-corrected chi connectivity index (χ4v) is 0.845. The lowest BCUT2D eigenvalue weighted by atomic mass is 10.1. The Morgan fingerprint density at radius 1 is 1.67 bits per heavy atom. The Labute approximate surface area is 71.3 Å². The largest absolute Gasteiger partial charge is 0.495 e. The van der Waals surface area contributed by atoms with Crippen molar-refractivity contribution in [1.29, 1.82) is 0 Å². The highest BCUT2D eigenvalue weighted by molar-refractivity contribution is 5.26. The second kappa shape index (κ2) is 3.88. The van der Waals surface area contributed by atoms with Crippen molar-refractivity contribution in [3.63, 3.8) is 0 Å². The van der Waals surface area contributed by atoms with Gasteiger partial charge in [0.1, 0.15) is 5.75 Å². The first-order valence-corrected chi connectivity index (χ1v) is 3.57. The van der Waals surface area contributed by atoms with Crippen LogP contribution in [0.5, 0.6) is 5.75 Å². The van der Waals surface area contributed by atoms with Gasteiger partial charge in [-0.25, -0.2) is 0 Å². The molecule has 0 aliphatic rings. The van der Waals surface area contributed by atoms with Crippen molar-refractivity contribution >= 4 is 0 Å². The Bertz CT molecular complexity index is 273. The smallest absolute Gasteiger partial charge is 0.137 e. The van der Waals surface area contributed by atoms with Gasteiger partial charge in [-0.2, -0.15) is 0 Å². The fraction of sp³-hybridized carbons (Fsp3) is 0.222. The molecule has 0 fully saturated rings. The SMILES string of the molecule is C=CC(O)c1cncc(OC)c1. The highest BCUT2D eigenvalue weighted by Gasteiger charge is 2.03. The quantitative estimate of drug-likeness (QED) is 0.686. The van der Waals surface area contributed by atoms with E-state index in [2.05, 4.69) is 11.6 Å². The molecule has 1 unspecified atom stereocenters. The highest BCUT2D eigenvalue weighted by atomic mass is 16.5. The van der Waals surface area contributed by atoms with Crippen molar-refractivity contribution in [2.75, 3.05) is 7.11 Å². The third-order valence-electron chi connectivity index (χ3n) is 1.53. The normalized spacial score (nSPS) is 12.2. The van der Waals surface area contributed by atoms with Crippen LogP contribution in [0.15, 0.2) is 31.1 Å². The molecule has 0 aliphatic carbocycles. The molecule has 0 aliphatic heterocycles. The van der Waals surface area contributed by atoms with E-state index < -0.39 is 6.10 Å². The minimum Gasteiger partial charge on any atom is -0.495 e. The minimum atomic E-state index is -0.674. The summed E-state index contributed by atoms with van der Waals surface area (Å²) in [5.41, 5.74) is 0.685. The standard InChI is InChI=1S/C9H11NO2/c1-3-9(11)7-4-8(12-2)6-10-5-7/h3-6,9,11H,1H2,2H3. The number of aliphatic hydroxyl groups excluding tert-OH is 1. The second-order valence-corrected chi connectivity index (χ2v) is 2.34. The molecule has 0 bridgehead atoms. The van der Waals surface area contributed by atoms with E-state index in [1.54, 1.807) is 25.6 Å². The lowest BCUT2D eigenvalue weighted by Gasteiger charge is -2.05. The summed E-state index contributed by atoms with van der Waals surface area (Å²) in [7, 11) is 1.56. The third-order valence-corrected chi connectivity index (χ3v) is 1.53. The minimum absolute atomic E-state index is 0.633. The molecule has 64 valence electrons. The Balaban J connectivity index is 2.93. The summed E-state index contributed by atoms with van der Waals surface area (Å²) in [4.78, 5) is 3.89. The zero-order valence-electron chi connectivity index (χ0n) is 6.90. The van der Waals surface area contributed by atoms with Crippen molar-refractivity contribution in [2.24, 2.45) is 0 Å². The summed E-state index contributed by atoms with van der Waals surface area (Å²) in [6.45, 7) is 3.47. The number of rotatable bonds is 3. The summed E-state index contributed by atoms with van der Waals surface area (Å²) in [6.07, 6.45) is 3.93. The predicted molar refractivity (Wildman–Crippen MR) is 45.9 cm³/mol. The van der Waals surface area contributed by atoms with Gasteiger partial charge in [-0.1, -0.05) is 6.08 Å².